The molecule has 2 N–H and O–H groups in total. The first kappa shape index (κ1) is 17.3. The summed E-state index contributed by atoms with van der Waals surface area (Å²) in [5.74, 6) is -0.278. The molecular formula is C18H23N3O4. The van der Waals surface area contributed by atoms with Gasteiger partial charge in [-0.15, -0.1) is 0 Å². The van der Waals surface area contributed by atoms with Crippen LogP contribution in [0, 0.1) is 5.92 Å². The van der Waals surface area contributed by atoms with Crippen molar-refractivity contribution in [1.82, 2.24) is 9.47 Å². The third-order valence-electron chi connectivity index (χ3n) is 4.80. The Hall–Kier alpha value is -2.57. The second-order valence-electron chi connectivity index (χ2n) is 6.59. The van der Waals surface area contributed by atoms with Gasteiger partial charge >= 0.3 is 5.76 Å². The maximum Gasteiger partial charge on any atom is 0.419 e. The molecule has 0 radical (unpaired) electrons. The molecule has 1 saturated heterocycles. The van der Waals surface area contributed by atoms with Gasteiger partial charge in [-0.2, -0.15) is 0 Å². The molecule has 0 unspecified atom stereocenters. The second-order valence-corrected chi connectivity index (χ2v) is 6.59. The van der Waals surface area contributed by atoms with Crippen molar-refractivity contribution in [2.24, 2.45) is 11.7 Å². The first-order chi connectivity index (χ1) is 12.0. The lowest BCUT2D eigenvalue weighted by Gasteiger charge is -2.31. The molecule has 1 aromatic carbocycles. The van der Waals surface area contributed by atoms with Gasteiger partial charge in [-0.25, -0.2) is 4.79 Å². The van der Waals surface area contributed by atoms with E-state index in [1.807, 2.05) is 23.1 Å². The van der Waals surface area contributed by atoms with Gasteiger partial charge in [0.05, 0.1) is 5.52 Å². The van der Waals surface area contributed by atoms with E-state index in [1.54, 1.807) is 10.6 Å². The van der Waals surface area contributed by atoms with E-state index in [-0.39, 0.29) is 23.5 Å². The predicted octanol–water partition coefficient (Wildman–Crippen LogP) is 1.49. The average molecular weight is 345 g/mol. The Morgan fingerprint density at radius 1 is 1.20 bits per heavy atom. The molecule has 1 aliphatic heterocycles. The summed E-state index contributed by atoms with van der Waals surface area (Å²) in [7, 11) is 0. The first-order valence-corrected chi connectivity index (χ1v) is 8.69. The maximum absolute atomic E-state index is 12.3. The second kappa shape index (κ2) is 7.55. The Labute approximate surface area is 145 Å². The molecule has 0 saturated carbocycles. The van der Waals surface area contributed by atoms with Crippen LogP contribution in [0.3, 0.4) is 0 Å². The van der Waals surface area contributed by atoms with Gasteiger partial charge in [0.2, 0.25) is 11.8 Å². The van der Waals surface area contributed by atoms with E-state index in [2.05, 4.69) is 0 Å². The number of primary amides is 1. The van der Waals surface area contributed by atoms with Gasteiger partial charge in [-0.3, -0.25) is 14.2 Å². The Morgan fingerprint density at radius 2 is 1.92 bits per heavy atom. The molecule has 2 heterocycles. The SMILES string of the molecule is NC(=O)CC1CCN(C(=O)CCCn2c(=O)oc3ccccc32)CC1. The summed E-state index contributed by atoms with van der Waals surface area (Å²) in [5.41, 5.74) is 6.55. The first-order valence-electron chi connectivity index (χ1n) is 8.69. The highest BCUT2D eigenvalue weighted by Crippen LogP contribution is 2.21. The highest BCUT2D eigenvalue weighted by molar-refractivity contribution is 5.76. The number of amides is 2. The fraction of sp³-hybridized carbons (Fsp3) is 0.500. The number of piperidine rings is 1. The van der Waals surface area contributed by atoms with E-state index in [4.69, 9.17) is 10.2 Å². The minimum Gasteiger partial charge on any atom is -0.408 e. The topological polar surface area (TPSA) is 98.5 Å². The van der Waals surface area contributed by atoms with E-state index in [9.17, 15) is 14.4 Å². The Balaban J connectivity index is 1.49. The average Bonchev–Trinajstić information content (AvgIpc) is 2.90. The lowest BCUT2D eigenvalue weighted by molar-refractivity contribution is -0.132. The zero-order valence-corrected chi connectivity index (χ0v) is 14.1. The number of fused-ring (bicyclic) bond motifs is 1. The van der Waals surface area contributed by atoms with Crippen LogP contribution in [0.1, 0.15) is 32.1 Å². The Morgan fingerprint density at radius 3 is 2.64 bits per heavy atom. The van der Waals surface area contributed by atoms with Crippen molar-refractivity contribution in [3.8, 4) is 0 Å². The van der Waals surface area contributed by atoms with Crippen LogP contribution >= 0.6 is 0 Å². The molecule has 3 rings (SSSR count). The number of benzene rings is 1. The number of carbonyl (C=O) groups is 2. The highest BCUT2D eigenvalue weighted by atomic mass is 16.4. The molecule has 0 spiro atoms. The van der Waals surface area contributed by atoms with E-state index in [1.165, 1.54) is 0 Å². The normalized spacial score (nSPS) is 15.6. The smallest absolute Gasteiger partial charge is 0.408 e. The molecule has 0 aliphatic carbocycles. The highest BCUT2D eigenvalue weighted by Gasteiger charge is 2.23. The summed E-state index contributed by atoms with van der Waals surface area (Å²) in [6.07, 6.45) is 3.02. The summed E-state index contributed by atoms with van der Waals surface area (Å²) in [5, 5.41) is 0. The lowest BCUT2D eigenvalue weighted by Crippen LogP contribution is -2.39. The van der Waals surface area contributed by atoms with E-state index in [0.717, 1.165) is 18.4 Å². The lowest BCUT2D eigenvalue weighted by atomic mass is 9.93. The molecule has 7 heteroatoms. The van der Waals surface area contributed by atoms with Crippen molar-refractivity contribution in [2.45, 2.75) is 38.6 Å². The number of oxazole rings is 1. The van der Waals surface area contributed by atoms with Crippen molar-refractivity contribution < 1.29 is 14.0 Å². The van der Waals surface area contributed by atoms with Gasteiger partial charge in [0.1, 0.15) is 0 Å². The molecule has 25 heavy (non-hydrogen) atoms. The number of carbonyl (C=O) groups excluding carboxylic acids is 2. The number of aromatic nitrogens is 1. The Kier molecular flexibility index (Phi) is 5.21. The number of nitrogens with zero attached hydrogens (tertiary/aromatic N) is 2. The van der Waals surface area contributed by atoms with Crippen molar-refractivity contribution in [3.63, 3.8) is 0 Å². The van der Waals surface area contributed by atoms with E-state index >= 15 is 0 Å². The molecule has 0 bridgehead atoms. The van der Waals surface area contributed by atoms with Crippen LogP contribution in [-0.4, -0.2) is 34.4 Å². The summed E-state index contributed by atoms with van der Waals surface area (Å²) >= 11 is 0. The van der Waals surface area contributed by atoms with Crippen LogP contribution in [0.25, 0.3) is 11.1 Å². The van der Waals surface area contributed by atoms with Crippen molar-refractivity contribution in [2.75, 3.05) is 13.1 Å². The third kappa shape index (κ3) is 4.10. The zero-order valence-electron chi connectivity index (χ0n) is 14.1. The number of hydrogen-bond donors (Lipinski definition) is 1. The minimum absolute atomic E-state index is 0.0957. The van der Waals surface area contributed by atoms with Crippen LogP contribution in [0.5, 0.6) is 0 Å². The van der Waals surface area contributed by atoms with E-state index < -0.39 is 0 Å². The summed E-state index contributed by atoms with van der Waals surface area (Å²) in [6, 6.07) is 7.27. The fourth-order valence-electron chi connectivity index (χ4n) is 3.44. The van der Waals surface area contributed by atoms with Crippen LogP contribution in [0.15, 0.2) is 33.5 Å². The standard InChI is InChI=1S/C18H23N3O4/c19-16(22)12-13-7-10-20(11-8-13)17(23)6-3-9-21-14-4-1-2-5-15(14)25-18(21)24/h1-2,4-5,13H,3,6-12H2,(H2,19,22). The summed E-state index contributed by atoms with van der Waals surface area (Å²) in [4.78, 5) is 37.0. The predicted molar refractivity (Wildman–Crippen MR) is 92.8 cm³/mol. The molecule has 2 aromatic rings. The quantitative estimate of drug-likeness (QED) is 0.857. The van der Waals surface area contributed by atoms with Gasteiger partial charge in [0.25, 0.3) is 0 Å². The van der Waals surface area contributed by atoms with Gasteiger partial charge in [0.15, 0.2) is 5.58 Å². The van der Waals surface area contributed by atoms with Crippen LogP contribution in [0.4, 0.5) is 0 Å². The number of rotatable bonds is 6. The number of para-hydroxylation sites is 2. The molecule has 1 fully saturated rings. The fourth-order valence-corrected chi connectivity index (χ4v) is 3.44. The molecule has 2 amide bonds. The minimum atomic E-state index is -0.388. The number of hydrogen-bond acceptors (Lipinski definition) is 4. The van der Waals surface area contributed by atoms with Crippen LogP contribution in [0.2, 0.25) is 0 Å². The van der Waals surface area contributed by atoms with Gasteiger partial charge in [-0.05, 0) is 37.3 Å². The Bertz CT molecular complexity index is 815. The number of aryl methyl sites for hydroxylation is 1. The molecule has 1 aromatic heterocycles. The monoisotopic (exact) mass is 345 g/mol. The van der Waals surface area contributed by atoms with Gasteiger partial charge in [0, 0.05) is 32.5 Å². The van der Waals surface area contributed by atoms with Crippen LogP contribution < -0.4 is 11.5 Å². The third-order valence-corrected chi connectivity index (χ3v) is 4.80. The van der Waals surface area contributed by atoms with Gasteiger partial charge in [-0.1, -0.05) is 12.1 Å². The van der Waals surface area contributed by atoms with Crippen molar-refractivity contribution >= 4 is 22.9 Å². The molecule has 0 atom stereocenters. The summed E-state index contributed by atoms with van der Waals surface area (Å²) < 4.78 is 6.76. The number of likely N-dealkylation sites (tertiary alicyclic amines) is 1. The van der Waals surface area contributed by atoms with Gasteiger partial charge < -0.3 is 15.1 Å². The molecular weight excluding hydrogens is 322 g/mol. The molecule has 7 nitrogen and oxygen atoms in total. The summed E-state index contributed by atoms with van der Waals surface area (Å²) in [6.45, 7) is 1.80. The number of nitrogens with two attached hydrogens (primary N) is 1. The van der Waals surface area contributed by atoms with E-state index in [0.29, 0.717) is 44.5 Å². The maximum atomic E-state index is 12.3. The molecule has 134 valence electrons. The van der Waals surface area contributed by atoms with Crippen LogP contribution in [-0.2, 0) is 16.1 Å². The largest absolute Gasteiger partial charge is 0.419 e. The zero-order chi connectivity index (χ0) is 17.8. The molecule has 1 aliphatic rings. The van der Waals surface area contributed by atoms with Crippen molar-refractivity contribution in [1.29, 1.82) is 0 Å². The van der Waals surface area contributed by atoms with Crippen molar-refractivity contribution in [3.05, 3.63) is 34.8 Å².